The summed E-state index contributed by atoms with van der Waals surface area (Å²) < 4.78 is 0. The molecule has 7 heteroatoms. The second kappa shape index (κ2) is 6.89. The van der Waals surface area contributed by atoms with Crippen molar-refractivity contribution in [3.05, 3.63) is 23.4 Å². The van der Waals surface area contributed by atoms with Crippen molar-refractivity contribution in [2.45, 2.75) is 6.92 Å². The van der Waals surface area contributed by atoms with Gasteiger partial charge in [-0.3, -0.25) is 0 Å². The Morgan fingerprint density at radius 2 is 2.11 bits per heavy atom. The molecule has 0 atom stereocenters. The predicted octanol–water partition coefficient (Wildman–Crippen LogP) is 0.707. The molecule has 0 aliphatic heterocycles. The molecule has 2 amide bonds. The van der Waals surface area contributed by atoms with Gasteiger partial charge in [-0.05, 0) is 19.1 Å². The number of nitrogens with zero attached hydrogens (tertiary/aromatic N) is 2. The van der Waals surface area contributed by atoms with Crippen LogP contribution in [-0.4, -0.2) is 48.1 Å². The van der Waals surface area contributed by atoms with Gasteiger partial charge in [-0.2, -0.15) is 0 Å². The fraction of sp³-hybridized carbons (Fsp3) is 0.417. The maximum Gasteiger partial charge on any atom is 0.316 e. The normalized spacial score (nSPS) is 9.84. The number of nitrogens with two attached hydrogens (primary N) is 1. The average Bonchev–Trinajstić information content (AvgIpc) is 2.33. The second-order valence-electron chi connectivity index (χ2n) is 4.27. The molecule has 4 N–H and O–H groups in total. The Morgan fingerprint density at radius 3 is 2.68 bits per heavy atom. The first-order chi connectivity index (χ1) is 8.91. The van der Waals surface area contributed by atoms with E-state index in [1.165, 1.54) is 4.90 Å². The number of urea groups is 1. The maximum atomic E-state index is 11.3. The minimum Gasteiger partial charge on any atom is -0.389 e. The first-order valence-electron chi connectivity index (χ1n) is 5.88. The minimum atomic E-state index is -0.131. The summed E-state index contributed by atoms with van der Waals surface area (Å²) in [6, 6.07) is 3.56. The van der Waals surface area contributed by atoms with E-state index in [0.717, 1.165) is 5.69 Å². The van der Waals surface area contributed by atoms with Crippen molar-refractivity contribution in [2.24, 2.45) is 5.73 Å². The van der Waals surface area contributed by atoms with E-state index in [0.29, 0.717) is 29.5 Å². The zero-order valence-corrected chi connectivity index (χ0v) is 12.2. The van der Waals surface area contributed by atoms with E-state index < -0.39 is 0 Å². The van der Waals surface area contributed by atoms with Crippen molar-refractivity contribution in [2.75, 3.05) is 32.5 Å². The second-order valence-corrected chi connectivity index (χ2v) is 4.71. The Bertz CT molecular complexity index is 475. The van der Waals surface area contributed by atoms with Crippen molar-refractivity contribution >= 4 is 29.1 Å². The van der Waals surface area contributed by atoms with E-state index in [4.69, 9.17) is 18.0 Å². The molecule has 0 aliphatic rings. The number of carbonyl (C=O) groups is 1. The molecule has 1 aromatic heterocycles. The third kappa shape index (κ3) is 4.70. The van der Waals surface area contributed by atoms with Crippen LogP contribution >= 0.6 is 12.2 Å². The van der Waals surface area contributed by atoms with E-state index in [1.54, 1.807) is 14.1 Å². The van der Waals surface area contributed by atoms with Crippen LogP contribution in [0.3, 0.4) is 0 Å². The van der Waals surface area contributed by atoms with E-state index >= 15 is 0 Å². The van der Waals surface area contributed by atoms with Gasteiger partial charge in [0.2, 0.25) is 0 Å². The van der Waals surface area contributed by atoms with E-state index in [9.17, 15) is 4.79 Å². The molecular weight excluding hydrogens is 262 g/mol. The molecule has 1 heterocycles. The molecule has 1 rings (SSSR count). The molecule has 0 spiro atoms. The van der Waals surface area contributed by atoms with E-state index in [-0.39, 0.29) is 6.03 Å². The largest absolute Gasteiger partial charge is 0.389 e. The van der Waals surface area contributed by atoms with Crippen molar-refractivity contribution in [1.82, 2.24) is 15.2 Å². The maximum absolute atomic E-state index is 11.3. The van der Waals surface area contributed by atoms with E-state index in [2.05, 4.69) is 15.6 Å². The van der Waals surface area contributed by atoms with Crippen molar-refractivity contribution in [3.63, 3.8) is 0 Å². The van der Waals surface area contributed by atoms with Crippen LogP contribution in [0, 0.1) is 6.92 Å². The van der Waals surface area contributed by atoms with Crippen LogP contribution in [0.1, 0.15) is 11.3 Å². The summed E-state index contributed by atoms with van der Waals surface area (Å²) in [6.07, 6.45) is 0. The molecule has 0 aliphatic carbocycles. The highest BCUT2D eigenvalue weighted by Gasteiger charge is 2.07. The van der Waals surface area contributed by atoms with Gasteiger partial charge in [-0.15, -0.1) is 0 Å². The van der Waals surface area contributed by atoms with Gasteiger partial charge in [0.15, 0.2) is 0 Å². The summed E-state index contributed by atoms with van der Waals surface area (Å²) in [5, 5.41) is 5.87. The lowest BCUT2D eigenvalue weighted by Crippen LogP contribution is -2.37. The molecular formula is C12H19N5OS. The van der Waals surface area contributed by atoms with Gasteiger partial charge in [-0.1, -0.05) is 12.2 Å². The van der Waals surface area contributed by atoms with Crippen LogP contribution in [0.4, 0.5) is 10.6 Å². The van der Waals surface area contributed by atoms with Gasteiger partial charge in [0.1, 0.15) is 10.8 Å². The zero-order valence-electron chi connectivity index (χ0n) is 11.4. The predicted molar refractivity (Wildman–Crippen MR) is 80.4 cm³/mol. The molecule has 1 aromatic rings. The molecule has 19 heavy (non-hydrogen) atoms. The van der Waals surface area contributed by atoms with Gasteiger partial charge < -0.3 is 21.3 Å². The van der Waals surface area contributed by atoms with Gasteiger partial charge in [0.25, 0.3) is 0 Å². The summed E-state index contributed by atoms with van der Waals surface area (Å²) in [6.45, 7) is 2.93. The van der Waals surface area contributed by atoms with Gasteiger partial charge in [0, 0.05) is 32.9 Å². The number of carbonyl (C=O) groups excluding carboxylic acids is 1. The lowest BCUT2D eigenvalue weighted by Gasteiger charge is -2.14. The standard InChI is InChI=1S/C12H19N5OS/c1-8-4-5-9(10(13)19)11(16-8)14-6-7-15-12(18)17(2)3/h4-5H,6-7H2,1-3H3,(H2,13,19)(H,14,16)(H,15,18). The number of rotatable bonds is 5. The quantitative estimate of drug-likeness (QED) is 0.547. The lowest BCUT2D eigenvalue weighted by atomic mass is 10.2. The monoisotopic (exact) mass is 281 g/mol. The Kier molecular flexibility index (Phi) is 5.50. The molecule has 0 saturated heterocycles. The number of anilines is 1. The molecule has 0 saturated carbocycles. The van der Waals surface area contributed by atoms with Crippen LogP contribution in [0.2, 0.25) is 0 Å². The smallest absolute Gasteiger partial charge is 0.316 e. The fourth-order valence-corrected chi connectivity index (χ4v) is 1.56. The number of aromatic nitrogens is 1. The average molecular weight is 281 g/mol. The zero-order chi connectivity index (χ0) is 14.4. The number of hydrogen-bond acceptors (Lipinski definition) is 4. The fourth-order valence-electron chi connectivity index (χ4n) is 1.40. The number of amides is 2. The third-order valence-electron chi connectivity index (χ3n) is 2.40. The third-order valence-corrected chi connectivity index (χ3v) is 2.62. The molecule has 104 valence electrons. The first kappa shape index (κ1) is 15.2. The minimum absolute atomic E-state index is 0.131. The Hall–Kier alpha value is -1.89. The molecule has 0 aromatic carbocycles. The highest BCUT2D eigenvalue weighted by molar-refractivity contribution is 7.80. The Labute approximate surface area is 118 Å². The molecule has 0 fully saturated rings. The summed E-state index contributed by atoms with van der Waals surface area (Å²) in [5.74, 6) is 0.645. The highest BCUT2D eigenvalue weighted by atomic mass is 32.1. The number of thiocarbonyl (C=S) groups is 1. The topological polar surface area (TPSA) is 83.3 Å². The Morgan fingerprint density at radius 1 is 1.42 bits per heavy atom. The summed E-state index contributed by atoms with van der Waals surface area (Å²) in [7, 11) is 3.38. The summed E-state index contributed by atoms with van der Waals surface area (Å²) >= 11 is 4.97. The number of hydrogen-bond donors (Lipinski definition) is 3. The lowest BCUT2D eigenvalue weighted by molar-refractivity contribution is 0.218. The number of pyridine rings is 1. The van der Waals surface area contributed by atoms with Crippen LogP contribution in [0.15, 0.2) is 12.1 Å². The van der Waals surface area contributed by atoms with Crippen LogP contribution in [0.5, 0.6) is 0 Å². The summed E-state index contributed by atoms with van der Waals surface area (Å²) in [4.78, 5) is 17.4. The molecule has 0 radical (unpaired) electrons. The molecule has 0 bridgehead atoms. The molecule has 0 unspecified atom stereocenters. The Balaban J connectivity index is 2.55. The van der Waals surface area contributed by atoms with Crippen LogP contribution in [0.25, 0.3) is 0 Å². The van der Waals surface area contributed by atoms with E-state index in [1.807, 2.05) is 19.1 Å². The summed E-state index contributed by atoms with van der Waals surface area (Å²) in [5.41, 5.74) is 7.21. The van der Waals surface area contributed by atoms with Gasteiger partial charge in [0.05, 0.1) is 5.56 Å². The highest BCUT2D eigenvalue weighted by Crippen LogP contribution is 2.12. The first-order valence-corrected chi connectivity index (χ1v) is 6.29. The SMILES string of the molecule is Cc1ccc(C(N)=S)c(NCCNC(=O)N(C)C)n1. The van der Waals surface area contributed by atoms with Crippen molar-refractivity contribution in [3.8, 4) is 0 Å². The van der Waals surface area contributed by atoms with Gasteiger partial charge >= 0.3 is 6.03 Å². The number of aryl methyl sites for hydroxylation is 1. The van der Waals surface area contributed by atoms with Crippen molar-refractivity contribution in [1.29, 1.82) is 0 Å². The van der Waals surface area contributed by atoms with Gasteiger partial charge in [-0.25, -0.2) is 9.78 Å². The van der Waals surface area contributed by atoms with Crippen LogP contribution in [-0.2, 0) is 0 Å². The van der Waals surface area contributed by atoms with Crippen LogP contribution < -0.4 is 16.4 Å². The number of nitrogens with one attached hydrogen (secondary N) is 2. The van der Waals surface area contributed by atoms with Crippen molar-refractivity contribution < 1.29 is 4.79 Å². The molecule has 6 nitrogen and oxygen atoms in total.